The minimum atomic E-state index is -4.39. The Labute approximate surface area is 167 Å². The number of para-hydroxylation sites is 2. The molecule has 1 aliphatic rings. The van der Waals surface area contributed by atoms with Crippen LogP contribution < -0.4 is 15.8 Å². The van der Waals surface area contributed by atoms with Gasteiger partial charge in [-0.05, 0) is 36.6 Å². The Morgan fingerprint density at radius 2 is 1.90 bits per heavy atom. The van der Waals surface area contributed by atoms with Crippen molar-refractivity contribution in [1.29, 1.82) is 0 Å². The zero-order chi connectivity index (χ0) is 20.9. The molecule has 1 saturated heterocycles. The van der Waals surface area contributed by atoms with Gasteiger partial charge in [-0.25, -0.2) is 0 Å². The Hall–Kier alpha value is -2.74. The van der Waals surface area contributed by atoms with E-state index in [-0.39, 0.29) is 12.5 Å². The second-order valence-electron chi connectivity index (χ2n) is 7.00. The van der Waals surface area contributed by atoms with Crippen LogP contribution in [-0.4, -0.2) is 32.8 Å². The highest BCUT2D eigenvalue weighted by Crippen LogP contribution is 2.38. The smallest absolute Gasteiger partial charge is 0.416 e. The highest BCUT2D eigenvalue weighted by Gasteiger charge is 2.37. The van der Waals surface area contributed by atoms with Crippen molar-refractivity contribution in [2.45, 2.75) is 24.4 Å². The maximum atomic E-state index is 13.2. The van der Waals surface area contributed by atoms with E-state index in [1.807, 2.05) is 12.1 Å². The lowest BCUT2D eigenvalue weighted by atomic mass is 9.74. The molecular formula is C21H24F3N3O2. The van der Waals surface area contributed by atoms with Crippen molar-refractivity contribution >= 4 is 11.6 Å². The number of nitrogens with one attached hydrogen (secondary N) is 1. The third-order valence-corrected chi connectivity index (χ3v) is 5.17. The van der Waals surface area contributed by atoms with Crippen LogP contribution in [0.25, 0.3) is 0 Å². The molecule has 0 spiro atoms. The lowest BCUT2D eigenvalue weighted by Gasteiger charge is -2.37. The van der Waals surface area contributed by atoms with Crippen LogP contribution in [0.1, 0.15) is 24.0 Å². The summed E-state index contributed by atoms with van der Waals surface area (Å²) in [5.41, 5.74) is 6.09. The van der Waals surface area contributed by atoms with Gasteiger partial charge in [0.1, 0.15) is 5.75 Å². The second kappa shape index (κ2) is 8.73. The van der Waals surface area contributed by atoms with Crippen molar-refractivity contribution < 1.29 is 22.6 Å². The molecule has 2 aromatic rings. The SMILES string of the molecule is COc1ccccc1NC(N)=NCC1(c2cccc(C(F)(F)F)c2)CCOCC1. The van der Waals surface area contributed by atoms with Crippen molar-refractivity contribution in [2.75, 3.05) is 32.2 Å². The van der Waals surface area contributed by atoms with Crippen LogP contribution >= 0.6 is 0 Å². The maximum Gasteiger partial charge on any atom is 0.416 e. The molecule has 0 atom stereocenters. The van der Waals surface area contributed by atoms with Crippen LogP contribution in [0.4, 0.5) is 18.9 Å². The van der Waals surface area contributed by atoms with Crippen molar-refractivity contribution in [3.05, 3.63) is 59.7 Å². The molecule has 1 aliphatic heterocycles. The summed E-state index contributed by atoms with van der Waals surface area (Å²) in [5, 5.41) is 3.00. The van der Waals surface area contributed by atoms with E-state index >= 15 is 0 Å². The lowest BCUT2D eigenvalue weighted by molar-refractivity contribution is -0.137. The molecule has 1 heterocycles. The van der Waals surface area contributed by atoms with E-state index < -0.39 is 17.2 Å². The number of ether oxygens (including phenoxy) is 2. The van der Waals surface area contributed by atoms with Crippen LogP contribution in [0.15, 0.2) is 53.5 Å². The predicted octanol–water partition coefficient (Wildman–Crippen LogP) is 4.19. The van der Waals surface area contributed by atoms with Gasteiger partial charge in [0.05, 0.1) is 24.9 Å². The molecule has 0 amide bonds. The Bertz CT molecular complexity index is 862. The lowest BCUT2D eigenvalue weighted by Crippen LogP contribution is -2.38. The highest BCUT2D eigenvalue weighted by atomic mass is 19.4. The van der Waals surface area contributed by atoms with Crippen molar-refractivity contribution in [3.8, 4) is 5.75 Å². The maximum absolute atomic E-state index is 13.2. The molecule has 29 heavy (non-hydrogen) atoms. The van der Waals surface area contributed by atoms with E-state index in [2.05, 4.69) is 10.3 Å². The van der Waals surface area contributed by atoms with Gasteiger partial charge in [-0.2, -0.15) is 13.2 Å². The fraction of sp³-hybridized carbons (Fsp3) is 0.381. The normalized spacial score (nSPS) is 17.0. The number of benzene rings is 2. The van der Waals surface area contributed by atoms with Gasteiger partial charge < -0.3 is 20.5 Å². The summed E-state index contributed by atoms with van der Waals surface area (Å²) in [5.74, 6) is 0.789. The summed E-state index contributed by atoms with van der Waals surface area (Å²) in [6.45, 7) is 1.18. The van der Waals surface area contributed by atoms with Gasteiger partial charge in [0.25, 0.3) is 0 Å². The Balaban J connectivity index is 1.85. The van der Waals surface area contributed by atoms with Crippen molar-refractivity contribution in [2.24, 2.45) is 10.7 Å². The van der Waals surface area contributed by atoms with Gasteiger partial charge in [-0.15, -0.1) is 0 Å². The summed E-state index contributed by atoms with van der Waals surface area (Å²) >= 11 is 0. The van der Waals surface area contributed by atoms with Gasteiger partial charge in [-0.1, -0.05) is 30.3 Å². The molecule has 0 radical (unpaired) electrons. The van der Waals surface area contributed by atoms with Crippen LogP contribution in [-0.2, 0) is 16.3 Å². The zero-order valence-corrected chi connectivity index (χ0v) is 16.1. The monoisotopic (exact) mass is 407 g/mol. The minimum absolute atomic E-state index is 0.173. The molecule has 8 heteroatoms. The minimum Gasteiger partial charge on any atom is -0.495 e. The molecule has 0 unspecified atom stereocenters. The summed E-state index contributed by atoms with van der Waals surface area (Å²) in [6.07, 6.45) is -3.25. The molecule has 0 aromatic heterocycles. The van der Waals surface area contributed by atoms with Crippen LogP contribution in [0, 0.1) is 0 Å². The van der Waals surface area contributed by atoms with Gasteiger partial charge in [0.2, 0.25) is 0 Å². The summed E-state index contributed by atoms with van der Waals surface area (Å²) in [4.78, 5) is 4.45. The zero-order valence-electron chi connectivity index (χ0n) is 16.1. The molecular weight excluding hydrogens is 383 g/mol. The van der Waals surface area contributed by atoms with Crippen molar-refractivity contribution in [3.63, 3.8) is 0 Å². The average Bonchev–Trinajstić information content (AvgIpc) is 2.73. The fourth-order valence-electron chi connectivity index (χ4n) is 3.49. The van der Waals surface area contributed by atoms with Crippen molar-refractivity contribution in [1.82, 2.24) is 0 Å². The van der Waals surface area contributed by atoms with E-state index in [1.54, 1.807) is 25.3 Å². The molecule has 5 nitrogen and oxygen atoms in total. The topological polar surface area (TPSA) is 68.9 Å². The number of rotatable bonds is 5. The van der Waals surface area contributed by atoms with E-state index in [9.17, 15) is 13.2 Å². The number of anilines is 1. The van der Waals surface area contributed by atoms with E-state index in [0.29, 0.717) is 43.1 Å². The Kier molecular flexibility index (Phi) is 6.32. The standard InChI is InChI=1S/C21H24F3N3O2/c1-28-18-8-3-2-7-17(18)27-19(25)26-14-20(9-11-29-12-10-20)15-5-4-6-16(13-15)21(22,23)24/h2-8,13H,9-12,14H2,1H3,(H3,25,26,27). The summed E-state index contributed by atoms with van der Waals surface area (Å²) in [6, 6.07) is 12.7. The second-order valence-corrected chi connectivity index (χ2v) is 7.00. The molecule has 1 fully saturated rings. The number of nitrogens with two attached hydrogens (primary N) is 1. The summed E-state index contributed by atoms with van der Waals surface area (Å²) < 4.78 is 50.3. The number of methoxy groups -OCH3 is 1. The Morgan fingerprint density at radius 3 is 2.59 bits per heavy atom. The first-order chi connectivity index (χ1) is 13.8. The quantitative estimate of drug-likeness (QED) is 0.576. The molecule has 3 rings (SSSR count). The van der Waals surface area contributed by atoms with E-state index in [4.69, 9.17) is 15.2 Å². The van der Waals surface area contributed by atoms with E-state index in [0.717, 1.165) is 6.07 Å². The number of alkyl halides is 3. The number of hydrogen-bond donors (Lipinski definition) is 2. The fourth-order valence-corrected chi connectivity index (χ4v) is 3.49. The molecule has 0 bridgehead atoms. The number of nitrogens with zero attached hydrogens (tertiary/aromatic N) is 1. The predicted molar refractivity (Wildman–Crippen MR) is 106 cm³/mol. The van der Waals surface area contributed by atoms with Crippen LogP contribution in [0.3, 0.4) is 0 Å². The number of hydrogen-bond acceptors (Lipinski definition) is 3. The first-order valence-corrected chi connectivity index (χ1v) is 9.29. The summed E-state index contributed by atoms with van der Waals surface area (Å²) in [7, 11) is 1.55. The number of aliphatic imine (C=N–C) groups is 1. The first-order valence-electron chi connectivity index (χ1n) is 9.29. The molecule has 0 saturated carbocycles. The number of halogens is 3. The van der Waals surface area contributed by atoms with Gasteiger partial charge in [-0.3, -0.25) is 4.99 Å². The van der Waals surface area contributed by atoms with E-state index in [1.165, 1.54) is 12.1 Å². The van der Waals surface area contributed by atoms with Crippen LogP contribution in [0.5, 0.6) is 5.75 Å². The molecule has 3 N–H and O–H groups in total. The first kappa shape index (κ1) is 21.0. The molecule has 156 valence electrons. The Morgan fingerprint density at radius 1 is 1.17 bits per heavy atom. The third-order valence-electron chi connectivity index (χ3n) is 5.17. The largest absolute Gasteiger partial charge is 0.495 e. The van der Waals surface area contributed by atoms with Crippen LogP contribution in [0.2, 0.25) is 0 Å². The van der Waals surface area contributed by atoms with Gasteiger partial charge >= 0.3 is 6.18 Å². The highest BCUT2D eigenvalue weighted by molar-refractivity contribution is 5.93. The third kappa shape index (κ3) is 5.00. The van der Waals surface area contributed by atoms with Gasteiger partial charge in [0.15, 0.2) is 5.96 Å². The average molecular weight is 407 g/mol. The number of guanidine groups is 1. The van der Waals surface area contributed by atoms with Gasteiger partial charge in [0, 0.05) is 18.6 Å². The molecule has 2 aromatic carbocycles. The molecule has 0 aliphatic carbocycles.